The van der Waals surface area contributed by atoms with Gasteiger partial charge in [-0.1, -0.05) is 38.1 Å². The van der Waals surface area contributed by atoms with Gasteiger partial charge in [-0.2, -0.15) is 0 Å². The van der Waals surface area contributed by atoms with Crippen molar-refractivity contribution in [2.24, 2.45) is 0 Å². The van der Waals surface area contributed by atoms with Gasteiger partial charge in [-0.05, 0) is 41.3 Å². The standard InChI is InChI=1S/C22H21N3OS/c1-14(2)15-4-6-16(7-5-15)19-12-27-22-20(19)21(23-13-24-22)25(3)17-8-10-18(26)11-9-17/h4-14,26H,1-3H3. The molecule has 2 aromatic heterocycles. The Kier molecular flexibility index (Phi) is 4.54. The van der Waals surface area contributed by atoms with Crippen LogP contribution in [0, 0.1) is 0 Å². The molecule has 27 heavy (non-hydrogen) atoms. The van der Waals surface area contributed by atoms with E-state index < -0.39 is 0 Å². The van der Waals surface area contributed by atoms with Crippen LogP contribution in [-0.4, -0.2) is 22.1 Å². The maximum atomic E-state index is 9.56. The third-order valence-electron chi connectivity index (χ3n) is 4.79. The topological polar surface area (TPSA) is 49.2 Å². The Morgan fingerprint density at radius 3 is 2.33 bits per heavy atom. The predicted molar refractivity (Wildman–Crippen MR) is 113 cm³/mol. The number of hydrogen-bond acceptors (Lipinski definition) is 5. The van der Waals surface area contributed by atoms with Crippen LogP contribution in [0.25, 0.3) is 21.3 Å². The number of nitrogens with zero attached hydrogens (tertiary/aromatic N) is 3. The number of phenols is 1. The van der Waals surface area contributed by atoms with Gasteiger partial charge in [0.1, 0.15) is 22.7 Å². The van der Waals surface area contributed by atoms with Gasteiger partial charge < -0.3 is 10.0 Å². The van der Waals surface area contributed by atoms with Crippen molar-refractivity contribution in [3.05, 3.63) is 65.8 Å². The van der Waals surface area contributed by atoms with E-state index in [0.29, 0.717) is 5.92 Å². The number of anilines is 2. The predicted octanol–water partition coefficient (Wildman–Crippen LogP) is 5.96. The smallest absolute Gasteiger partial charge is 0.145 e. The van der Waals surface area contributed by atoms with Gasteiger partial charge >= 0.3 is 0 Å². The molecular formula is C22H21N3OS. The monoisotopic (exact) mass is 375 g/mol. The minimum atomic E-state index is 0.251. The molecule has 1 N–H and O–H groups in total. The van der Waals surface area contributed by atoms with Crippen molar-refractivity contribution in [1.82, 2.24) is 9.97 Å². The number of hydrogen-bond donors (Lipinski definition) is 1. The van der Waals surface area contributed by atoms with Crippen LogP contribution in [0.1, 0.15) is 25.3 Å². The first-order valence-corrected chi connectivity index (χ1v) is 9.78. The summed E-state index contributed by atoms with van der Waals surface area (Å²) < 4.78 is 0. The van der Waals surface area contributed by atoms with Crippen molar-refractivity contribution in [3.8, 4) is 16.9 Å². The van der Waals surface area contributed by atoms with Crippen molar-refractivity contribution >= 4 is 33.1 Å². The lowest BCUT2D eigenvalue weighted by Gasteiger charge is -2.19. The van der Waals surface area contributed by atoms with Gasteiger partial charge in [-0.3, -0.25) is 0 Å². The van der Waals surface area contributed by atoms with E-state index in [0.717, 1.165) is 27.3 Å². The minimum absolute atomic E-state index is 0.251. The molecule has 4 rings (SSSR count). The Morgan fingerprint density at radius 2 is 1.67 bits per heavy atom. The molecule has 2 aromatic carbocycles. The number of aromatic hydroxyl groups is 1. The molecule has 136 valence electrons. The van der Waals surface area contributed by atoms with Gasteiger partial charge in [0, 0.05) is 23.7 Å². The molecule has 0 spiro atoms. The summed E-state index contributed by atoms with van der Waals surface area (Å²) in [5.41, 5.74) is 4.60. The lowest BCUT2D eigenvalue weighted by Crippen LogP contribution is -2.11. The molecule has 0 aliphatic heterocycles. The summed E-state index contributed by atoms with van der Waals surface area (Å²) in [6, 6.07) is 15.9. The third kappa shape index (κ3) is 3.26. The summed E-state index contributed by atoms with van der Waals surface area (Å²) in [6.07, 6.45) is 1.61. The van der Waals surface area contributed by atoms with Crippen LogP contribution in [0.4, 0.5) is 11.5 Å². The number of benzene rings is 2. The SMILES string of the molecule is CC(C)c1ccc(-c2csc3ncnc(N(C)c4ccc(O)cc4)c23)cc1. The molecule has 2 heterocycles. The molecular weight excluding hydrogens is 354 g/mol. The summed E-state index contributed by atoms with van der Waals surface area (Å²) in [5, 5.41) is 12.8. The van der Waals surface area contributed by atoms with Crippen molar-refractivity contribution < 1.29 is 5.11 Å². The maximum absolute atomic E-state index is 9.56. The Balaban J connectivity index is 1.83. The van der Waals surface area contributed by atoms with Gasteiger partial charge in [0.25, 0.3) is 0 Å². The van der Waals surface area contributed by atoms with Gasteiger partial charge in [0.2, 0.25) is 0 Å². The molecule has 0 aliphatic rings. The Bertz CT molecular complexity index is 1070. The zero-order valence-corrected chi connectivity index (χ0v) is 16.4. The second kappa shape index (κ2) is 7.00. The largest absolute Gasteiger partial charge is 0.508 e. The van der Waals surface area contributed by atoms with Crippen molar-refractivity contribution in [2.75, 3.05) is 11.9 Å². The molecule has 0 unspecified atom stereocenters. The fraction of sp³-hybridized carbons (Fsp3) is 0.182. The normalized spacial score (nSPS) is 11.3. The molecule has 0 radical (unpaired) electrons. The summed E-state index contributed by atoms with van der Waals surface area (Å²) >= 11 is 1.63. The second-order valence-electron chi connectivity index (χ2n) is 6.88. The third-order valence-corrected chi connectivity index (χ3v) is 5.68. The Hall–Kier alpha value is -2.92. The quantitative estimate of drug-likeness (QED) is 0.478. The van der Waals surface area contributed by atoms with Gasteiger partial charge in [0.15, 0.2) is 0 Å². The number of aromatic nitrogens is 2. The summed E-state index contributed by atoms with van der Waals surface area (Å²) in [5.74, 6) is 1.62. The Labute approximate surface area is 162 Å². The highest BCUT2D eigenvalue weighted by atomic mass is 32.1. The van der Waals surface area contributed by atoms with E-state index in [-0.39, 0.29) is 5.75 Å². The molecule has 0 saturated carbocycles. The molecule has 0 amide bonds. The molecule has 5 heteroatoms. The first-order chi connectivity index (χ1) is 13.0. The van der Waals surface area contributed by atoms with Crippen LogP contribution in [0.3, 0.4) is 0 Å². The fourth-order valence-corrected chi connectivity index (χ4v) is 4.08. The van der Waals surface area contributed by atoms with Crippen molar-refractivity contribution in [3.63, 3.8) is 0 Å². The summed E-state index contributed by atoms with van der Waals surface area (Å²) in [7, 11) is 1.98. The molecule has 0 saturated heterocycles. The van der Waals surface area contributed by atoms with Crippen LogP contribution in [0.15, 0.2) is 60.2 Å². The van der Waals surface area contributed by atoms with Crippen LogP contribution in [-0.2, 0) is 0 Å². The zero-order chi connectivity index (χ0) is 19.0. The van der Waals surface area contributed by atoms with E-state index in [9.17, 15) is 5.11 Å². The fourth-order valence-electron chi connectivity index (χ4n) is 3.17. The van der Waals surface area contributed by atoms with Crippen LogP contribution in [0.5, 0.6) is 5.75 Å². The average molecular weight is 375 g/mol. The van der Waals surface area contributed by atoms with Crippen LogP contribution in [0.2, 0.25) is 0 Å². The maximum Gasteiger partial charge on any atom is 0.145 e. The molecule has 0 atom stereocenters. The number of phenolic OH excluding ortho intramolecular Hbond substituents is 1. The number of thiophene rings is 1. The average Bonchev–Trinajstić information content (AvgIpc) is 3.12. The van der Waals surface area contributed by atoms with Gasteiger partial charge in [-0.15, -0.1) is 11.3 Å². The molecule has 0 bridgehead atoms. The second-order valence-corrected chi connectivity index (χ2v) is 7.74. The van der Waals surface area contributed by atoms with Crippen LogP contribution >= 0.6 is 11.3 Å². The highest BCUT2D eigenvalue weighted by Gasteiger charge is 2.17. The molecule has 4 aromatic rings. The highest BCUT2D eigenvalue weighted by Crippen LogP contribution is 2.39. The highest BCUT2D eigenvalue weighted by molar-refractivity contribution is 7.17. The molecule has 4 nitrogen and oxygen atoms in total. The van der Waals surface area contributed by atoms with E-state index in [2.05, 4.69) is 53.5 Å². The van der Waals surface area contributed by atoms with E-state index in [1.807, 2.05) is 24.1 Å². The molecule has 0 aliphatic carbocycles. The first kappa shape index (κ1) is 17.5. The van der Waals surface area contributed by atoms with E-state index in [1.165, 1.54) is 11.1 Å². The van der Waals surface area contributed by atoms with Crippen molar-refractivity contribution in [1.29, 1.82) is 0 Å². The number of rotatable bonds is 4. The Morgan fingerprint density at radius 1 is 0.963 bits per heavy atom. The first-order valence-electron chi connectivity index (χ1n) is 8.90. The lowest BCUT2D eigenvalue weighted by molar-refractivity contribution is 0.475. The zero-order valence-electron chi connectivity index (χ0n) is 15.5. The summed E-state index contributed by atoms with van der Waals surface area (Å²) in [6.45, 7) is 4.40. The lowest BCUT2D eigenvalue weighted by atomic mass is 9.99. The molecule has 0 fully saturated rings. The van der Waals surface area contributed by atoms with Gasteiger partial charge in [0.05, 0.1) is 5.39 Å². The van der Waals surface area contributed by atoms with E-state index in [1.54, 1.807) is 29.8 Å². The van der Waals surface area contributed by atoms with E-state index in [4.69, 9.17) is 0 Å². The van der Waals surface area contributed by atoms with Crippen molar-refractivity contribution in [2.45, 2.75) is 19.8 Å². The van der Waals surface area contributed by atoms with Crippen LogP contribution < -0.4 is 4.90 Å². The van der Waals surface area contributed by atoms with Gasteiger partial charge in [-0.25, -0.2) is 9.97 Å². The van der Waals surface area contributed by atoms with E-state index >= 15 is 0 Å². The minimum Gasteiger partial charge on any atom is -0.508 e. The number of fused-ring (bicyclic) bond motifs is 1. The summed E-state index contributed by atoms with van der Waals surface area (Å²) in [4.78, 5) is 12.0.